The number of benzene rings is 1. The van der Waals surface area contributed by atoms with Crippen molar-refractivity contribution in [2.75, 3.05) is 0 Å². The summed E-state index contributed by atoms with van der Waals surface area (Å²) in [7, 11) is 0. The summed E-state index contributed by atoms with van der Waals surface area (Å²) in [6, 6.07) is 8.39. The molecule has 23 heavy (non-hydrogen) atoms. The van der Waals surface area contributed by atoms with Gasteiger partial charge in [-0.3, -0.25) is 4.79 Å². The van der Waals surface area contributed by atoms with Gasteiger partial charge in [0.05, 0.1) is 6.42 Å². The number of aryl methyl sites for hydroxylation is 1. The molecule has 1 heterocycles. The fraction of sp³-hybridized carbons (Fsp3) is 0.500. The fourth-order valence-electron chi connectivity index (χ4n) is 2.97. The minimum Gasteiger partial charge on any atom is -0.417 e. The van der Waals surface area contributed by atoms with E-state index < -0.39 is 0 Å². The first-order valence-electron chi connectivity index (χ1n) is 8.39. The van der Waals surface area contributed by atoms with Crippen molar-refractivity contribution in [1.82, 2.24) is 15.5 Å². The second kappa shape index (κ2) is 7.40. The van der Waals surface area contributed by atoms with Gasteiger partial charge in [0, 0.05) is 6.04 Å². The molecule has 1 fully saturated rings. The topological polar surface area (TPSA) is 68.0 Å². The van der Waals surface area contributed by atoms with Crippen LogP contribution in [0.15, 0.2) is 28.7 Å². The third kappa shape index (κ3) is 4.41. The Kier molecular flexibility index (Phi) is 5.05. The molecule has 1 amide bonds. The molecule has 1 aromatic heterocycles. The molecule has 3 rings (SSSR count). The summed E-state index contributed by atoms with van der Waals surface area (Å²) in [5.74, 6) is 0.288. The van der Waals surface area contributed by atoms with Gasteiger partial charge in [-0.15, -0.1) is 10.2 Å². The minimum absolute atomic E-state index is 0.0661. The number of carbonyl (C=O) groups excluding carboxylic acids is 1. The highest BCUT2D eigenvalue weighted by atomic mass is 16.4. The molecule has 0 saturated heterocycles. The van der Waals surface area contributed by atoms with Crippen LogP contribution >= 0.6 is 0 Å². The number of amides is 1. The minimum atomic E-state index is -0.250. The highest BCUT2D eigenvalue weighted by Crippen LogP contribution is 2.17. The van der Waals surface area contributed by atoms with Gasteiger partial charge in [0.1, 0.15) is 0 Å². The molecule has 0 spiro atoms. The summed E-state index contributed by atoms with van der Waals surface area (Å²) in [6.07, 6.45) is 7.48. The first-order valence-corrected chi connectivity index (χ1v) is 8.39. The van der Waals surface area contributed by atoms with Crippen LogP contribution in [0.3, 0.4) is 0 Å². The maximum atomic E-state index is 12.2. The third-order valence-electron chi connectivity index (χ3n) is 4.33. The van der Waals surface area contributed by atoms with E-state index in [9.17, 15) is 4.79 Å². The number of aromatic nitrogens is 2. The Morgan fingerprint density at radius 1 is 1.13 bits per heavy atom. The summed E-state index contributed by atoms with van der Waals surface area (Å²) in [5.41, 5.74) is 2.30. The predicted octanol–water partition coefficient (Wildman–Crippen LogP) is 3.42. The monoisotopic (exact) mass is 313 g/mol. The predicted molar refractivity (Wildman–Crippen MR) is 87.2 cm³/mol. The summed E-state index contributed by atoms with van der Waals surface area (Å²) in [4.78, 5) is 12.2. The second-order valence-electron chi connectivity index (χ2n) is 6.33. The molecule has 2 aromatic rings. The second-order valence-corrected chi connectivity index (χ2v) is 6.33. The molecule has 0 aliphatic heterocycles. The molecule has 1 N–H and O–H groups in total. The van der Waals surface area contributed by atoms with Crippen LogP contribution in [0, 0.1) is 6.92 Å². The van der Waals surface area contributed by atoms with Gasteiger partial charge in [0.15, 0.2) is 0 Å². The van der Waals surface area contributed by atoms with E-state index in [1.54, 1.807) is 0 Å². The first-order chi connectivity index (χ1) is 11.2. The van der Waals surface area contributed by atoms with Gasteiger partial charge in [0.25, 0.3) is 0 Å². The largest absolute Gasteiger partial charge is 0.417 e. The Morgan fingerprint density at radius 2 is 1.83 bits per heavy atom. The van der Waals surface area contributed by atoms with Gasteiger partial charge in [-0.2, -0.15) is 0 Å². The summed E-state index contributed by atoms with van der Waals surface area (Å²) < 4.78 is 5.52. The van der Waals surface area contributed by atoms with Crippen LogP contribution in [0.25, 0.3) is 0 Å². The van der Waals surface area contributed by atoms with Crippen LogP contribution in [0.5, 0.6) is 0 Å². The highest BCUT2D eigenvalue weighted by molar-refractivity contribution is 5.89. The van der Waals surface area contributed by atoms with Gasteiger partial charge in [0.2, 0.25) is 5.89 Å². The van der Waals surface area contributed by atoms with Crippen molar-refractivity contribution in [3.05, 3.63) is 47.2 Å². The molecule has 5 nitrogen and oxygen atoms in total. The zero-order chi connectivity index (χ0) is 16.1. The molecule has 1 aromatic carbocycles. The smallest absolute Gasteiger partial charge is 0.309 e. The van der Waals surface area contributed by atoms with Crippen LogP contribution in [-0.4, -0.2) is 22.1 Å². The van der Waals surface area contributed by atoms with E-state index in [1.807, 2.05) is 31.2 Å². The molecular weight excluding hydrogens is 290 g/mol. The molecule has 1 aliphatic rings. The average molecular weight is 313 g/mol. The first kappa shape index (κ1) is 15.7. The van der Waals surface area contributed by atoms with Gasteiger partial charge in [-0.1, -0.05) is 55.5 Å². The lowest BCUT2D eigenvalue weighted by Crippen LogP contribution is -2.34. The SMILES string of the molecule is Cc1ccc(Cc2nnc(C(=O)NC3CCCCCC3)o2)cc1. The van der Waals surface area contributed by atoms with E-state index in [2.05, 4.69) is 15.5 Å². The Bertz CT molecular complexity index is 641. The highest BCUT2D eigenvalue weighted by Gasteiger charge is 2.20. The molecule has 0 radical (unpaired) electrons. The normalized spacial score (nSPS) is 16.0. The van der Waals surface area contributed by atoms with E-state index in [0.29, 0.717) is 12.3 Å². The van der Waals surface area contributed by atoms with Crippen LogP contribution in [-0.2, 0) is 6.42 Å². The Balaban J connectivity index is 1.59. The maximum absolute atomic E-state index is 12.2. The zero-order valence-electron chi connectivity index (χ0n) is 13.5. The van der Waals surface area contributed by atoms with Crippen molar-refractivity contribution >= 4 is 5.91 Å². The number of hydrogen-bond acceptors (Lipinski definition) is 4. The molecule has 1 aliphatic carbocycles. The number of hydrogen-bond donors (Lipinski definition) is 1. The van der Waals surface area contributed by atoms with Crippen LogP contribution in [0.1, 0.15) is 66.2 Å². The third-order valence-corrected chi connectivity index (χ3v) is 4.33. The fourth-order valence-corrected chi connectivity index (χ4v) is 2.97. The van der Waals surface area contributed by atoms with Gasteiger partial charge < -0.3 is 9.73 Å². The molecular formula is C18H23N3O2. The van der Waals surface area contributed by atoms with Crippen molar-refractivity contribution in [3.63, 3.8) is 0 Å². The standard InChI is InChI=1S/C18H23N3O2/c1-13-8-10-14(11-9-13)12-16-20-21-18(23-16)17(22)19-15-6-4-2-3-5-7-15/h8-11,15H,2-7,12H2,1H3,(H,19,22). The van der Waals surface area contributed by atoms with Crippen LogP contribution in [0.4, 0.5) is 0 Å². The molecule has 0 atom stereocenters. The lowest BCUT2D eigenvalue weighted by atomic mass is 10.1. The summed E-state index contributed by atoms with van der Waals surface area (Å²) in [6.45, 7) is 2.05. The Hall–Kier alpha value is -2.17. The number of carbonyl (C=O) groups is 1. The average Bonchev–Trinajstić information content (AvgIpc) is 2.86. The quantitative estimate of drug-likeness (QED) is 0.878. The van der Waals surface area contributed by atoms with Crippen molar-refractivity contribution < 1.29 is 9.21 Å². The zero-order valence-corrected chi connectivity index (χ0v) is 13.5. The van der Waals surface area contributed by atoms with Gasteiger partial charge >= 0.3 is 11.8 Å². The lowest BCUT2D eigenvalue weighted by Gasteiger charge is -2.14. The van der Waals surface area contributed by atoms with Crippen molar-refractivity contribution in [3.8, 4) is 0 Å². The summed E-state index contributed by atoms with van der Waals surface area (Å²) >= 11 is 0. The number of rotatable bonds is 4. The van der Waals surface area contributed by atoms with Crippen LogP contribution < -0.4 is 5.32 Å². The summed E-state index contributed by atoms with van der Waals surface area (Å²) in [5, 5.41) is 10.9. The Morgan fingerprint density at radius 3 is 2.52 bits per heavy atom. The molecule has 122 valence electrons. The van der Waals surface area contributed by atoms with Crippen molar-refractivity contribution in [2.24, 2.45) is 0 Å². The van der Waals surface area contributed by atoms with E-state index in [4.69, 9.17) is 4.42 Å². The number of nitrogens with zero attached hydrogens (tertiary/aromatic N) is 2. The van der Waals surface area contributed by atoms with E-state index >= 15 is 0 Å². The molecule has 0 bridgehead atoms. The number of nitrogens with one attached hydrogen (secondary N) is 1. The lowest BCUT2D eigenvalue weighted by molar-refractivity contribution is 0.0896. The molecule has 5 heteroatoms. The van der Waals surface area contributed by atoms with E-state index in [1.165, 1.54) is 31.2 Å². The maximum Gasteiger partial charge on any atom is 0.309 e. The van der Waals surface area contributed by atoms with Crippen molar-refractivity contribution in [2.45, 2.75) is 57.9 Å². The van der Waals surface area contributed by atoms with Crippen LogP contribution in [0.2, 0.25) is 0 Å². The Labute approximate surface area is 136 Å². The van der Waals surface area contributed by atoms with Crippen molar-refractivity contribution in [1.29, 1.82) is 0 Å². The van der Waals surface area contributed by atoms with Gasteiger partial charge in [-0.25, -0.2) is 0 Å². The van der Waals surface area contributed by atoms with E-state index in [0.717, 1.165) is 18.4 Å². The molecule has 0 unspecified atom stereocenters. The van der Waals surface area contributed by atoms with E-state index in [-0.39, 0.29) is 17.8 Å². The van der Waals surface area contributed by atoms with Gasteiger partial charge in [-0.05, 0) is 25.3 Å². The molecule has 1 saturated carbocycles.